The monoisotopic (exact) mass is 446 g/mol. The molecule has 1 heterocycles. The van der Waals surface area contributed by atoms with E-state index >= 15 is 0 Å². The van der Waals surface area contributed by atoms with Gasteiger partial charge in [0.25, 0.3) is 10.2 Å². The van der Waals surface area contributed by atoms with Gasteiger partial charge in [0, 0.05) is 38.2 Å². The van der Waals surface area contributed by atoms with E-state index in [1.807, 2.05) is 0 Å². The molecule has 1 aliphatic rings. The van der Waals surface area contributed by atoms with Gasteiger partial charge in [0.2, 0.25) is 5.91 Å². The summed E-state index contributed by atoms with van der Waals surface area (Å²) in [4.78, 5) is 14.1. The van der Waals surface area contributed by atoms with Gasteiger partial charge in [-0.15, -0.1) is 0 Å². The summed E-state index contributed by atoms with van der Waals surface area (Å²) >= 11 is 5.98. The first kappa shape index (κ1) is 23.9. The number of rotatable bonds is 9. The van der Waals surface area contributed by atoms with Crippen LogP contribution in [0.3, 0.4) is 0 Å². The molecule has 1 aromatic carbocycles. The second kappa shape index (κ2) is 10.6. The topological polar surface area (TPSA) is 82.2 Å². The number of halogens is 1. The minimum Gasteiger partial charge on any atom is -0.495 e. The van der Waals surface area contributed by atoms with Crippen LogP contribution in [0.5, 0.6) is 5.75 Å². The molecule has 2 rings (SSSR count). The van der Waals surface area contributed by atoms with E-state index in [0.717, 1.165) is 12.8 Å². The number of carbonyl (C=O) groups is 1. The fraction of sp³-hybridized carbons (Fsp3) is 0.632. The van der Waals surface area contributed by atoms with E-state index in [9.17, 15) is 13.2 Å². The molecule has 164 valence electrons. The standard InChI is InChI=1S/C19H31ClN4O4S/c1-15-7-9-24(10-8-15)29(26,27)23(3)12-11-22(2)14-19(25)21-17-13-16(20)5-6-18(17)28-4/h5-6,13,15H,7-12,14H2,1-4H3,(H,21,25). The molecule has 1 saturated heterocycles. The largest absolute Gasteiger partial charge is 0.495 e. The molecule has 0 radical (unpaired) electrons. The lowest BCUT2D eigenvalue weighted by molar-refractivity contribution is -0.117. The van der Waals surface area contributed by atoms with Crippen LogP contribution in [0, 0.1) is 5.92 Å². The molecule has 1 N–H and O–H groups in total. The molecule has 0 aromatic heterocycles. The summed E-state index contributed by atoms with van der Waals surface area (Å²) in [7, 11) is 1.41. The molecule has 10 heteroatoms. The molecular weight excluding hydrogens is 416 g/mol. The van der Waals surface area contributed by atoms with Crippen LogP contribution in [0.25, 0.3) is 0 Å². The van der Waals surface area contributed by atoms with Crippen LogP contribution in [-0.4, -0.2) is 81.8 Å². The molecule has 0 spiro atoms. The zero-order chi connectivity index (χ0) is 21.6. The van der Waals surface area contributed by atoms with Gasteiger partial charge in [-0.05, 0) is 44.0 Å². The number of benzene rings is 1. The lowest BCUT2D eigenvalue weighted by Crippen LogP contribution is -2.47. The van der Waals surface area contributed by atoms with Crippen molar-refractivity contribution in [1.82, 2.24) is 13.5 Å². The zero-order valence-electron chi connectivity index (χ0n) is 17.5. The van der Waals surface area contributed by atoms with Crippen molar-refractivity contribution in [2.24, 2.45) is 5.92 Å². The lowest BCUT2D eigenvalue weighted by atomic mass is 10.0. The Balaban J connectivity index is 1.83. The Morgan fingerprint density at radius 2 is 1.93 bits per heavy atom. The summed E-state index contributed by atoms with van der Waals surface area (Å²) in [6.45, 7) is 4.12. The van der Waals surface area contributed by atoms with Crippen molar-refractivity contribution in [3.05, 3.63) is 23.2 Å². The maximum absolute atomic E-state index is 12.7. The maximum atomic E-state index is 12.7. The highest BCUT2D eigenvalue weighted by molar-refractivity contribution is 7.86. The van der Waals surface area contributed by atoms with Crippen LogP contribution in [0.15, 0.2) is 18.2 Å². The van der Waals surface area contributed by atoms with Crippen molar-refractivity contribution in [2.75, 3.05) is 59.2 Å². The second-order valence-electron chi connectivity index (χ2n) is 7.54. The third-order valence-corrected chi connectivity index (χ3v) is 7.33. The van der Waals surface area contributed by atoms with Gasteiger partial charge in [0.1, 0.15) is 5.75 Å². The smallest absolute Gasteiger partial charge is 0.281 e. The van der Waals surface area contributed by atoms with Crippen molar-refractivity contribution in [2.45, 2.75) is 19.8 Å². The number of likely N-dealkylation sites (N-methyl/N-ethyl adjacent to an activating group) is 2. The first-order chi connectivity index (χ1) is 13.6. The number of nitrogens with zero attached hydrogens (tertiary/aromatic N) is 3. The van der Waals surface area contributed by atoms with E-state index in [4.69, 9.17) is 16.3 Å². The summed E-state index contributed by atoms with van der Waals surface area (Å²) in [6.07, 6.45) is 1.78. The summed E-state index contributed by atoms with van der Waals surface area (Å²) in [6, 6.07) is 4.99. The molecule has 1 amide bonds. The number of nitrogens with one attached hydrogen (secondary N) is 1. The number of hydrogen-bond acceptors (Lipinski definition) is 5. The predicted molar refractivity (Wildman–Crippen MR) is 116 cm³/mol. The Labute approximate surface area is 178 Å². The van der Waals surface area contributed by atoms with Gasteiger partial charge >= 0.3 is 0 Å². The molecule has 0 saturated carbocycles. The van der Waals surface area contributed by atoms with Gasteiger partial charge in [-0.3, -0.25) is 9.69 Å². The lowest BCUT2D eigenvalue weighted by Gasteiger charge is -2.33. The van der Waals surface area contributed by atoms with E-state index in [2.05, 4.69) is 12.2 Å². The predicted octanol–water partition coefficient (Wildman–Crippen LogP) is 2.13. The number of methoxy groups -OCH3 is 1. The fourth-order valence-electron chi connectivity index (χ4n) is 3.13. The van der Waals surface area contributed by atoms with E-state index in [1.54, 1.807) is 41.5 Å². The van der Waals surface area contributed by atoms with Crippen molar-refractivity contribution < 1.29 is 17.9 Å². The van der Waals surface area contributed by atoms with Crippen LogP contribution in [0.1, 0.15) is 19.8 Å². The molecule has 0 atom stereocenters. The van der Waals surface area contributed by atoms with Crippen LogP contribution in [0.2, 0.25) is 5.02 Å². The van der Waals surface area contributed by atoms with Crippen molar-refractivity contribution in [3.63, 3.8) is 0 Å². The average Bonchev–Trinajstić information content (AvgIpc) is 2.66. The molecular formula is C19H31ClN4O4S. The highest BCUT2D eigenvalue weighted by Crippen LogP contribution is 2.27. The third-order valence-electron chi connectivity index (χ3n) is 5.11. The number of ether oxygens (including phenoxy) is 1. The van der Waals surface area contributed by atoms with Crippen molar-refractivity contribution in [3.8, 4) is 5.75 Å². The number of hydrogen-bond donors (Lipinski definition) is 1. The summed E-state index contributed by atoms with van der Waals surface area (Å²) < 4.78 is 33.5. The molecule has 0 aliphatic carbocycles. The Bertz CT molecular complexity index is 797. The van der Waals surface area contributed by atoms with Crippen LogP contribution in [-0.2, 0) is 15.0 Å². The van der Waals surface area contributed by atoms with Crippen molar-refractivity contribution in [1.29, 1.82) is 0 Å². The number of anilines is 1. The normalized spacial score (nSPS) is 16.4. The number of carbonyl (C=O) groups excluding carboxylic acids is 1. The molecule has 1 aromatic rings. The maximum Gasteiger partial charge on any atom is 0.281 e. The van der Waals surface area contributed by atoms with Gasteiger partial charge in [-0.2, -0.15) is 17.0 Å². The van der Waals surface area contributed by atoms with Crippen molar-refractivity contribution >= 4 is 33.4 Å². The minimum atomic E-state index is -3.46. The van der Waals surface area contributed by atoms with E-state index in [0.29, 0.717) is 48.6 Å². The average molecular weight is 447 g/mol. The summed E-state index contributed by atoms with van der Waals surface area (Å²) in [5, 5.41) is 3.27. The first-order valence-electron chi connectivity index (χ1n) is 9.66. The first-order valence-corrected chi connectivity index (χ1v) is 11.4. The van der Waals surface area contributed by atoms with Gasteiger partial charge in [-0.25, -0.2) is 0 Å². The highest BCUT2D eigenvalue weighted by atomic mass is 35.5. The molecule has 8 nitrogen and oxygen atoms in total. The third kappa shape index (κ3) is 6.82. The van der Waals surface area contributed by atoms with E-state index in [-0.39, 0.29) is 12.5 Å². The SMILES string of the molecule is COc1ccc(Cl)cc1NC(=O)CN(C)CCN(C)S(=O)(=O)N1CCC(C)CC1. The highest BCUT2D eigenvalue weighted by Gasteiger charge is 2.29. The minimum absolute atomic E-state index is 0.116. The summed E-state index contributed by atoms with van der Waals surface area (Å²) in [5.74, 6) is 0.852. The molecule has 29 heavy (non-hydrogen) atoms. The molecule has 0 bridgehead atoms. The van der Waals surface area contributed by atoms with Gasteiger partial charge in [-0.1, -0.05) is 18.5 Å². The molecule has 0 unspecified atom stereocenters. The number of piperidine rings is 1. The summed E-state index contributed by atoms with van der Waals surface area (Å²) in [5.41, 5.74) is 0.498. The Kier molecular flexibility index (Phi) is 8.72. The molecule has 1 fully saturated rings. The Hall–Kier alpha value is -1.39. The zero-order valence-corrected chi connectivity index (χ0v) is 19.1. The molecule has 1 aliphatic heterocycles. The second-order valence-corrected chi connectivity index (χ2v) is 10.0. The fourth-order valence-corrected chi connectivity index (χ4v) is 4.68. The Morgan fingerprint density at radius 1 is 1.28 bits per heavy atom. The van der Waals surface area contributed by atoms with Gasteiger partial charge in [0.05, 0.1) is 19.3 Å². The van der Waals surface area contributed by atoms with Gasteiger partial charge in [0.15, 0.2) is 0 Å². The van der Waals surface area contributed by atoms with Crippen LogP contribution >= 0.6 is 11.6 Å². The van der Waals surface area contributed by atoms with Crippen LogP contribution < -0.4 is 10.1 Å². The van der Waals surface area contributed by atoms with Crippen LogP contribution in [0.4, 0.5) is 5.69 Å². The van der Waals surface area contributed by atoms with E-state index in [1.165, 1.54) is 11.4 Å². The van der Waals surface area contributed by atoms with E-state index < -0.39 is 10.2 Å². The quantitative estimate of drug-likeness (QED) is 0.628. The Morgan fingerprint density at radius 3 is 2.55 bits per heavy atom. The number of amides is 1. The van der Waals surface area contributed by atoms with Gasteiger partial charge < -0.3 is 10.1 Å².